The van der Waals surface area contributed by atoms with E-state index < -0.39 is 0 Å². The summed E-state index contributed by atoms with van der Waals surface area (Å²) in [4.78, 5) is 0. The molecular formula is C9H20N+. The van der Waals surface area contributed by atoms with Gasteiger partial charge in [-0.2, -0.15) is 0 Å². The number of hydrogen-bond donors (Lipinski definition) is 0. The quantitative estimate of drug-likeness (QED) is 0.418. The van der Waals surface area contributed by atoms with Crippen molar-refractivity contribution >= 4 is 0 Å². The van der Waals surface area contributed by atoms with E-state index in [4.69, 9.17) is 0 Å². The first-order valence-corrected chi connectivity index (χ1v) is 4.42. The second-order valence-corrected chi connectivity index (χ2v) is 4.12. The van der Waals surface area contributed by atoms with Gasteiger partial charge in [0.05, 0.1) is 13.6 Å². The second-order valence-electron chi connectivity index (χ2n) is 4.12. The largest absolute Gasteiger partial charge is 0.312 e. The Kier molecular flexibility index (Phi) is 1.80. The number of quaternary nitrogens is 1. The summed E-state index contributed by atoms with van der Waals surface area (Å²) in [6.07, 6.45) is 2.74. The molecule has 1 heteroatoms. The maximum absolute atomic E-state index is 2.42. The minimum absolute atomic E-state index is 0.642. The highest BCUT2D eigenvalue weighted by atomic mass is 15.5. The molecule has 1 saturated heterocycles. The van der Waals surface area contributed by atoms with Gasteiger partial charge < -0.3 is 4.48 Å². The predicted molar refractivity (Wildman–Crippen MR) is 44.9 cm³/mol. The Bertz CT molecular complexity index is 129. The minimum atomic E-state index is 0.642. The molecule has 1 rings (SSSR count). The lowest BCUT2D eigenvalue weighted by Gasteiger charge is -2.17. The maximum Gasteiger partial charge on any atom is 0.146 e. The molecular weight excluding hydrogens is 122 g/mol. The molecule has 0 aromatic carbocycles. The summed E-state index contributed by atoms with van der Waals surface area (Å²) >= 11 is 0. The Hall–Kier alpha value is -0.0400. The third kappa shape index (κ3) is 0.968. The van der Waals surface area contributed by atoms with Crippen LogP contribution in [0.5, 0.6) is 0 Å². The fourth-order valence-corrected chi connectivity index (χ4v) is 2.10. The van der Waals surface area contributed by atoms with E-state index in [2.05, 4.69) is 27.8 Å². The molecule has 60 valence electrons. The van der Waals surface area contributed by atoms with Crippen molar-refractivity contribution < 1.29 is 4.48 Å². The summed E-state index contributed by atoms with van der Waals surface area (Å²) in [6, 6.07) is 0. The van der Waals surface area contributed by atoms with Crippen LogP contribution in [0.2, 0.25) is 0 Å². The third-order valence-corrected chi connectivity index (χ3v) is 3.38. The fourth-order valence-electron chi connectivity index (χ4n) is 2.10. The van der Waals surface area contributed by atoms with E-state index in [0.29, 0.717) is 5.54 Å². The van der Waals surface area contributed by atoms with E-state index in [-0.39, 0.29) is 0 Å². The predicted octanol–water partition coefficient (Wildman–Crippen LogP) is 2.03. The van der Waals surface area contributed by atoms with Crippen LogP contribution in [0.15, 0.2) is 0 Å². The van der Waals surface area contributed by atoms with E-state index in [1.54, 1.807) is 0 Å². The van der Waals surface area contributed by atoms with Crippen molar-refractivity contribution in [3.63, 3.8) is 0 Å². The first kappa shape index (κ1) is 8.06. The topological polar surface area (TPSA) is 0 Å². The molecule has 0 aliphatic carbocycles. The molecule has 0 N–H and O–H groups in total. The number of nitrogens with zero attached hydrogens (tertiary/aromatic N) is 1. The van der Waals surface area contributed by atoms with Crippen molar-refractivity contribution in [2.24, 2.45) is 0 Å². The van der Waals surface area contributed by atoms with Gasteiger partial charge in [-0.15, -0.1) is 0 Å². The summed E-state index contributed by atoms with van der Waals surface area (Å²) < 4.78 is 1.31. The summed E-state index contributed by atoms with van der Waals surface area (Å²) in [6.45, 7) is 9.69. The van der Waals surface area contributed by atoms with Crippen LogP contribution < -0.4 is 0 Å². The van der Waals surface area contributed by atoms with E-state index >= 15 is 0 Å². The van der Waals surface area contributed by atoms with Crippen molar-refractivity contribution in [2.75, 3.05) is 20.1 Å². The zero-order valence-electron chi connectivity index (χ0n) is 7.78. The Morgan fingerprint density at radius 2 is 2.00 bits per heavy atom. The Balaban J connectivity index is 2.46. The van der Waals surface area contributed by atoms with Crippen LogP contribution in [0, 0.1) is 0 Å². The van der Waals surface area contributed by atoms with Crippen molar-refractivity contribution in [3.05, 3.63) is 0 Å². The van der Waals surface area contributed by atoms with Crippen molar-refractivity contribution in [1.82, 2.24) is 0 Å². The summed E-state index contributed by atoms with van der Waals surface area (Å²) in [5.41, 5.74) is 0.642. The van der Waals surface area contributed by atoms with E-state index in [0.717, 1.165) is 0 Å². The zero-order valence-corrected chi connectivity index (χ0v) is 7.78. The van der Waals surface area contributed by atoms with Crippen LogP contribution in [0.25, 0.3) is 0 Å². The monoisotopic (exact) mass is 142 g/mol. The third-order valence-electron chi connectivity index (χ3n) is 3.38. The highest BCUT2D eigenvalue weighted by molar-refractivity contribution is 4.87. The van der Waals surface area contributed by atoms with E-state index in [1.807, 2.05) is 0 Å². The lowest BCUT2D eigenvalue weighted by Crippen LogP contribution is -2.29. The van der Waals surface area contributed by atoms with Crippen LogP contribution in [-0.2, 0) is 0 Å². The van der Waals surface area contributed by atoms with Crippen LogP contribution in [0.4, 0.5) is 0 Å². The molecule has 0 saturated carbocycles. The molecule has 2 atom stereocenters. The number of likely N-dealkylation sites (N-methyl/N-ethyl adjacent to an activating group) is 1. The number of rotatable bonds is 3. The van der Waals surface area contributed by atoms with Gasteiger partial charge in [0, 0.05) is 6.42 Å². The maximum atomic E-state index is 2.42. The first-order chi connectivity index (χ1) is 4.58. The molecule has 1 nitrogen and oxygen atoms in total. The fraction of sp³-hybridized carbons (Fsp3) is 1.00. The van der Waals surface area contributed by atoms with Crippen LogP contribution >= 0.6 is 0 Å². The lowest BCUT2D eigenvalue weighted by molar-refractivity contribution is -0.805. The van der Waals surface area contributed by atoms with Gasteiger partial charge in [-0.1, -0.05) is 13.3 Å². The van der Waals surface area contributed by atoms with Crippen molar-refractivity contribution in [3.8, 4) is 0 Å². The smallest absolute Gasteiger partial charge is 0.146 e. The summed E-state index contributed by atoms with van der Waals surface area (Å²) in [5, 5.41) is 0. The molecule has 1 fully saturated rings. The van der Waals surface area contributed by atoms with E-state index in [1.165, 1.54) is 30.4 Å². The van der Waals surface area contributed by atoms with Gasteiger partial charge in [0.15, 0.2) is 0 Å². The van der Waals surface area contributed by atoms with Gasteiger partial charge in [0.2, 0.25) is 0 Å². The standard InChI is InChI=1S/C9H20N/c1-5-7-9(3)8-10(9,4)6-2/h5-8H2,1-4H3/q+1. The van der Waals surface area contributed by atoms with Crippen molar-refractivity contribution in [2.45, 2.75) is 39.2 Å². The molecule has 1 aliphatic rings. The van der Waals surface area contributed by atoms with Crippen LogP contribution in [-0.4, -0.2) is 30.2 Å². The molecule has 0 amide bonds. The lowest BCUT2D eigenvalue weighted by atomic mass is 10.1. The highest BCUT2D eigenvalue weighted by Gasteiger charge is 2.60. The molecule has 0 radical (unpaired) electrons. The molecule has 0 bridgehead atoms. The van der Waals surface area contributed by atoms with Gasteiger partial charge >= 0.3 is 0 Å². The molecule has 1 aliphatic heterocycles. The van der Waals surface area contributed by atoms with Crippen molar-refractivity contribution in [1.29, 1.82) is 0 Å². The average Bonchev–Trinajstić information content (AvgIpc) is 2.38. The van der Waals surface area contributed by atoms with Crippen LogP contribution in [0.3, 0.4) is 0 Å². The Morgan fingerprint density at radius 1 is 1.40 bits per heavy atom. The second kappa shape index (κ2) is 2.23. The van der Waals surface area contributed by atoms with E-state index in [9.17, 15) is 0 Å². The minimum Gasteiger partial charge on any atom is -0.312 e. The Labute approximate surface area is 64.6 Å². The molecule has 0 spiro atoms. The van der Waals surface area contributed by atoms with Gasteiger partial charge in [-0.05, 0) is 13.8 Å². The first-order valence-electron chi connectivity index (χ1n) is 4.42. The average molecular weight is 142 g/mol. The van der Waals surface area contributed by atoms with Gasteiger partial charge in [0.25, 0.3) is 0 Å². The highest BCUT2D eigenvalue weighted by Crippen LogP contribution is 2.43. The molecule has 2 unspecified atom stereocenters. The Morgan fingerprint density at radius 3 is 2.30 bits per heavy atom. The molecule has 0 aromatic rings. The normalized spacial score (nSPS) is 45.6. The van der Waals surface area contributed by atoms with Gasteiger partial charge in [0.1, 0.15) is 12.1 Å². The molecule has 0 aromatic heterocycles. The van der Waals surface area contributed by atoms with Crippen LogP contribution in [0.1, 0.15) is 33.6 Å². The van der Waals surface area contributed by atoms with Gasteiger partial charge in [-0.3, -0.25) is 0 Å². The van der Waals surface area contributed by atoms with Gasteiger partial charge in [-0.25, -0.2) is 0 Å². The SMILES string of the molecule is CCCC1(C)C[N+]1(C)CC. The molecule has 10 heavy (non-hydrogen) atoms. The summed E-state index contributed by atoms with van der Waals surface area (Å²) in [7, 11) is 2.37. The number of hydrogen-bond acceptors (Lipinski definition) is 0. The summed E-state index contributed by atoms with van der Waals surface area (Å²) in [5.74, 6) is 0. The molecule has 1 heterocycles. The zero-order chi connectivity index (χ0) is 7.83.